The van der Waals surface area contributed by atoms with Gasteiger partial charge in [-0.15, -0.1) is 11.3 Å². The van der Waals surface area contributed by atoms with Crippen LogP contribution in [0.3, 0.4) is 0 Å². The predicted molar refractivity (Wildman–Crippen MR) is 87.0 cm³/mol. The number of nitrogens with one attached hydrogen (secondary N) is 1. The lowest BCUT2D eigenvalue weighted by molar-refractivity contribution is 0.0266. The van der Waals surface area contributed by atoms with Crippen LogP contribution in [0.2, 0.25) is 0 Å². The maximum absolute atomic E-state index is 12.5. The number of aromatic nitrogens is 2. The van der Waals surface area contributed by atoms with Gasteiger partial charge in [-0.05, 0) is 50.2 Å². The number of piperidine rings is 3. The fraction of sp³-hybridized carbons (Fsp3) is 0.500. The van der Waals surface area contributed by atoms with Gasteiger partial charge in [0.25, 0.3) is 0 Å². The number of fused-ring (bicyclic) bond motifs is 3. The first-order chi connectivity index (χ1) is 10.7. The molecule has 3 aliphatic heterocycles. The molecule has 0 aromatic carbocycles. The van der Waals surface area contributed by atoms with Crippen LogP contribution in [-0.4, -0.2) is 45.9 Å². The summed E-state index contributed by atoms with van der Waals surface area (Å²) in [6.07, 6.45) is 5.95. The van der Waals surface area contributed by atoms with Gasteiger partial charge in [0.15, 0.2) is 0 Å². The second kappa shape index (κ2) is 5.52. The largest absolute Gasteiger partial charge is 0.342 e. The van der Waals surface area contributed by atoms with Gasteiger partial charge in [-0.3, -0.25) is 4.90 Å². The second-order valence-corrected chi connectivity index (χ2v) is 7.19. The van der Waals surface area contributed by atoms with Gasteiger partial charge in [0.2, 0.25) is 0 Å². The first-order valence-electron chi connectivity index (χ1n) is 7.86. The second-order valence-electron chi connectivity index (χ2n) is 6.24. The highest BCUT2D eigenvalue weighted by atomic mass is 32.1. The number of carbonyl (C=O) groups excluding carboxylic acids is 1. The Morgan fingerprint density at radius 1 is 1.41 bits per heavy atom. The molecule has 5 rings (SSSR count). The average Bonchev–Trinajstić information content (AvgIpc) is 3.21. The average molecular weight is 316 g/mol. The van der Waals surface area contributed by atoms with Crippen molar-refractivity contribution in [3.63, 3.8) is 0 Å². The summed E-state index contributed by atoms with van der Waals surface area (Å²) < 4.78 is 1.43. The Hall–Kier alpha value is -1.66. The summed E-state index contributed by atoms with van der Waals surface area (Å²) in [7, 11) is 0. The van der Waals surface area contributed by atoms with E-state index >= 15 is 0 Å². The standard InChI is InChI=1S/C16H20N4OS/c1-11-15(12-4-6-19(11)7-5-12)18-16(21)20-10-13(9-17-20)14-3-2-8-22-14/h2-3,8-12,15H,4-7H2,1H3,(H,18,21)/t11-,15+/m1/s1. The molecule has 2 bridgehead atoms. The lowest BCUT2D eigenvalue weighted by Gasteiger charge is -2.49. The van der Waals surface area contributed by atoms with E-state index in [1.807, 2.05) is 23.7 Å². The van der Waals surface area contributed by atoms with Crippen molar-refractivity contribution in [3.05, 3.63) is 29.9 Å². The van der Waals surface area contributed by atoms with E-state index in [0.29, 0.717) is 12.0 Å². The number of rotatable bonds is 2. The van der Waals surface area contributed by atoms with Crippen molar-refractivity contribution >= 4 is 17.4 Å². The third-order valence-electron chi connectivity index (χ3n) is 5.06. The maximum atomic E-state index is 12.5. The lowest BCUT2D eigenvalue weighted by Crippen LogP contribution is -2.62. The highest BCUT2D eigenvalue weighted by Crippen LogP contribution is 2.32. The van der Waals surface area contributed by atoms with Crippen molar-refractivity contribution in [1.29, 1.82) is 0 Å². The molecule has 0 saturated carbocycles. The van der Waals surface area contributed by atoms with E-state index in [2.05, 4.69) is 22.2 Å². The predicted octanol–water partition coefficient (Wildman–Crippen LogP) is 2.65. The summed E-state index contributed by atoms with van der Waals surface area (Å²) in [5, 5.41) is 9.45. The quantitative estimate of drug-likeness (QED) is 0.926. The molecule has 0 aliphatic carbocycles. The maximum Gasteiger partial charge on any atom is 0.342 e. The summed E-state index contributed by atoms with van der Waals surface area (Å²) in [4.78, 5) is 16.1. The van der Waals surface area contributed by atoms with E-state index in [4.69, 9.17) is 0 Å². The van der Waals surface area contributed by atoms with Gasteiger partial charge in [-0.1, -0.05) is 6.07 Å². The van der Waals surface area contributed by atoms with Crippen LogP contribution >= 0.6 is 11.3 Å². The van der Waals surface area contributed by atoms with E-state index in [-0.39, 0.29) is 12.1 Å². The fourth-order valence-electron chi connectivity index (χ4n) is 3.76. The molecule has 2 aromatic heterocycles. The van der Waals surface area contributed by atoms with Crippen LogP contribution in [0.25, 0.3) is 10.4 Å². The Morgan fingerprint density at radius 2 is 2.23 bits per heavy atom. The van der Waals surface area contributed by atoms with Gasteiger partial charge < -0.3 is 5.32 Å². The smallest absolute Gasteiger partial charge is 0.332 e. The first-order valence-corrected chi connectivity index (χ1v) is 8.74. The highest BCUT2D eigenvalue weighted by Gasteiger charge is 2.40. The minimum Gasteiger partial charge on any atom is -0.332 e. The molecule has 5 heterocycles. The normalized spacial score (nSPS) is 30.4. The molecule has 22 heavy (non-hydrogen) atoms. The number of amides is 1. The van der Waals surface area contributed by atoms with E-state index in [1.165, 1.54) is 30.6 Å². The molecule has 1 amide bonds. The summed E-state index contributed by atoms with van der Waals surface area (Å²) >= 11 is 1.66. The minimum absolute atomic E-state index is 0.117. The molecule has 1 N–H and O–H groups in total. The van der Waals surface area contributed by atoms with E-state index in [0.717, 1.165) is 10.4 Å². The van der Waals surface area contributed by atoms with Crippen LogP contribution in [0.15, 0.2) is 29.9 Å². The van der Waals surface area contributed by atoms with Gasteiger partial charge in [-0.2, -0.15) is 9.78 Å². The molecule has 3 fully saturated rings. The summed E-state index contributed by atoms with van der Waals surface area (Å²) in [5.74, 6) is 0.608. The SMILES string of the molecule is C[C@@H]1[C@H](NC(=O)n2cc(-c3cccs3)cn2)C2CCN1CC2. The zero-order valence-corrected chi connectivity index (χ0v) is 13.4. The molecule has 2 aromatic rings. The number of thiophene rings is 1. The summed E-state index contributed by atoms with van der Waals surface area (Å²) in [6, 6.07) is 4.59. The van der Waals surface area contributed by atoms with Gasteiger partial charge >= 0.3 is 6.03 Å². The van der Waals surface area contributed by atoms with Crippen molar-refractivity contribution in [2.45, 2.75) is 31.8 Å². The Balaban J connectivity index is 1.48. The monoisotopic (exact) mass is 316 g/mol. The Kier molecular flexibility index (Phi) is 3.50. The topological polar surface area (TPSA) is 50.2 Å². The molecular formula is C16H20N4OS. The van der Waals surface area contributed by atoms with Crippen LogP contribution < -0.4 is 5.32 Å². The first kappa shape index (κ1) is 14.0. The van der Waals surface area contributed by atoms with Gasteiger partial charge in [0.05, 0.1) is 6.20 Å². The molecule has 5 nitrogen and oxygen atoms in total. The third kappa shape index (κ3) is 2.36. The van der Waals surface area contributed by atoms with Crippen LogP contribution in [0.5, 0.6) is 0 Å². The zero-order chi connectivity index (χ0) is 15.1. The zero-order valence-electron chi connectivity index (χ0n) is 12.6. The molecule has 2 atom stereocenters. The number of nitrogens with zero attached hydrogens (tertiary/aromatic N) is 3. The van der Waals surface area contributed by atoms with Gasteiger partial charge in [0, 0.05) is 28.7 Å². The molecule has 0 spiro atoms. The summed E-state index contributed by atoms with van der Waals surface area (Å²) in [6.45, 7) is 4.56. The van der Waals surface area contributed by atoms with Crippen LogP contribution in [-0.2, 0) is 0 Å². The molecule has 3 aliphatic rings. The number of hydrogen-bond donors (Lipinski definition) is 1. The van der Waals surface area contributed by atoms with Crippen LogP contribution in [0.1, 0.15) is 19.8 Å². The van der Waals surface area contributed by atoms with Crippen LogP contribution in [0.4, 0.5) is 4.79 Å². The Bertz CT molecular complexity index is 656. The van der Waals surface area contributed by atoms with Crippen LogP contribution in [0, 0.1) is 5.92 Å². The van der Waals surface area contributed by atoms with Crippen molar-refractivity contribution in [3.8, 4) is 10.4 Å². The van der Waals surface area contributed by atoms with Crippen molar-refractivity contribution in [1.82, 2.24) is 20.0 Å². The Morgan fingerprint density at radius 3 is 2.91 bits per heavy atom. The van der Waals surface area contributed by atoms with E-state index in [1.54, 1.807) is 17.5 Å². The summed E-state index contributed by atoms with van der Waals surface area (Å²) in [5.41, 5.74) is 0.993. The van der Waals surface area contributed by atoms with Gasteiger partial charge in [-0.25, -0.2) is 4.79 Å². The molecule has 0 unspecified atom stereocenters. The minimum atomic E-state index is -0.117. The molecule has 6 heteroatoms. The number of hydrogen-bond acceptors (Lipinski definition) is 4. The molecule has 3 saturated heterocycles. The lowest BCUT2D eigenvalue weighted by atomic mass is 9.79. The van der Waals surface area contributed by atoms with Crippen molar-refractivity contribution in [2.75, 3.05) is 13.1 Å². The molecule has 116 valence electrons. The van der Waals surface area contributed by atoms with E-state index in [9.17, 15) is 4.79 Å². The molecule has 0 radical (unpaired) electrons. The third-order valence-corrected chi connectivity index (χ3v) is 5.98. The number of carbonyl (C=O) groups is 1. The van der Waals surface area contributed by atoms with Crippen molar-refractivity contribution in [2.24, 2.45) is 5.92 Å². The Labute approximate surface area is 133 Å². The highest BCUT2D eigenvalue weighted by molar-refractivity contribution is 7.13. The van der Waals surface area contributed by atoms with E-state index < -0.39 is 0 Å². The van der Waals surface area contributed by atoms with Gasteiger partial charge in [0.1, 0.15) is 0 Å². The molecular weight excluding hydrogens is 296 g/mol. The van der Waals surface area contributed by atoms with Crippen molar-refractivity contribution < 1.29 is 4.79 Å². The fourth-order valence-corrected chi connectivity index (χ4v) is 4.46.